The Bertz CT molecular complexity index is 1250. The maximum absolute atomic E-state index is 13.2. The Morgan fingerprint density at radius 2 is 1.95 bits per heavy atom. The highest BCUT2D eigenvalue weighted by Gasteiger charge is 2.56. The Labute approximate surface area is 228 Å². The molecule has 2 aromatic rings. The van der Waals surface area contributed by atoms with E-state index < -0.39 is 48.5 Å². The van der Waals surface area contributed by atoms with Crippen LogP contribution in [0.4, 0.5) is 9.80 Å². The molecule has 2 N–H and O–H groups in total. The Balaban J connectivity index is 1.37. The number of urea groups is 1. The largest absolute Gasteiger partial charge is 0.462 e. The minimum Gasteiger partial charge on any atom is -0.462 e. The average Bonchev–Trinajstić information content (AvgIpc) is 3.53. The van der Waals surface area contributed by atoms with Crippen LogP contribution in [-0.4, -0.2) is 60.0 Å². The summed E-state index contributed by atoms with van der Waals surface area (Å²) in [6, 6.07) is 3.07. The lowest BCUT2D eigenvalue weighted by atomic mass is 9.64. The lowest BCUT2D eigenvalue weighted by Crippen LogP contribution is -2.54. The fraction of sp³-hybridized carbons (Fsp3) is 0.500. The van der Waals surface area contributed by atoms with Crippen LogP contribution in [0.25, 0.3) is 10.4 Å². The molecular weight excluding hydrogens is 530 g/mol. The Hall–Kier alpha value is -3.25. The molecule has 204 valence electrons. The second-order valence-corrected chi connectivity index (χ2v) is 12.3. The number of amides is 4. The Kier molecular flexibility index (Phi) is 7.93. The first-order valence-corrected chi connectivity index (χ1v) is 14.1. The molecule has 2 atom stereocenters. The summed E-state index contributed by atoms with van der Waals surface area (Å²) in [7, 11) is 0. The van der Waals surface area contributed by atoms with E-state index in [0.29, 0.717) is 18.4 Å². The molecule has 0 unspecified atom stereocenters. The number of carbonyl (C=O) groups excluding carboxylic acids is 5. The van der Waals surface area contributed by atoms with Gasteiger partial charge in [-0.15, -0.1) is 22.7 Å². The number of thiophene rings is 2. The standard InChI is InChI=1S/C26H31N3O7S2/c1-5-35-22(32)20-16(17-7-6-8-37-17)13-38-21(20)27-18(30)12-36-19(31)11-29-23(33)26(28-24(29)34)10-15(2)9-25(3,4)14-26/h6-8,13,15H,5,9-12,14H2,1-4H3,(H,27,30)(H,28,34)/t15-,26+/m0/s1. The van der Waals surface area contributed by atoms with Crippen LogP contribution in [0.2, 0.25) is 0 Å². The van der Waals surface area contributed by atoms with Crippen molar-refractivity contribution < 1.29 is 33.4 Å². The highest BCUT2D eigenvalue weighted by molar-refractivity contribution is 7.17. The molecule has 0 aromatic carbocycles. The molecule has 1 aliphatic heterocycles. The van der Waals surface area contributed by atoms with E-state index in [2.05, 4.69) is 24.5 Å². The number of nitrogens with one attached hydrogen (secondary N) is 2. The molecule has 10 nitrogen and oxygen atoms in total. The van der Waals surface area contributed by atoms with Crippen LogP contribution >= 0.6 is 22.7 Å². The third kappa shape index (κ3) is 5.75. The molecule has 4 amide bonds. The Morgan fingerprint density at radius 3 is 2.61 bits per heavy atom. The summed E-state index contributed by atoms with van der Waals surface area (Å²) in [6.45, 7) is 6.78. The number of hydrogen-bond acceptors (Lipinski definition) is 9. The number of anilines is 1. The van der Waals surface area contributed by atoms with Gasteiger partial charge in [0.1, 0.15) is 22.6 Å². The summed E-state index contributed by atoms with van der Waals surface area (Å²) in [5.41, 5.74) is -0.293. The number of carbonyl (C=O) groups is 5. The molecule has 3 heterocycles. The zero-order valence-electron chi connectivity index (χ0n) is 21.8. The van der Waals surface area contributed by atoms with Gasteiger partial charge in [0.05, 0.1) is 6.61 Å². The highest BCUT2D eigenvalue weighted by Crippen LogP contribution is 2.46. The molecule has 2 aromatic heterocycles. The van der Waals surface area contributed by atoms with Crippen molar-refractivity contribution in [3.8, 4) is 10.4 Å². The van der Waals surface area contributed by atoms with E-state index in [4.69, 9.17) is 9.47 Å². The van der Waals surface area contributed by atoms with E-state index in [1.54, 1.807) is 12.3 Å². The number of esters is 2. The molecule has 1 saturated heterocycles. The molecule has 1 spiro atoms. The minimum atomic E-state index is -1.03. The van der Waals surface area contributed by atoms with Crippen molar-refractivity contribution in [1.82, 2.24) is 10.2 Å². The molecular formula is C26H31N3O7S2. The van der Waals surface area contributed by atoms with Gasteiger partial charge in [0.2, 0.25) is 0 Å². The van der Waals surface area contributed by atoms with E-state index in [1.807, 2.05) is 24.4 Å². The molecule has 0 radical (unpaired) electrons. The van der Waals surface area contributed by atoms with Crippen molar-refractivity contribution in [2.24, 2.45) is 11.3 Å². The summed E-state index contributed by atoms with van der Waals surface area (Å²) in [5, 5.41) is 9.32. The van der Waals surface area contributed by atoms with Crippen LogP contribution < -0.4 is 10.6 Å². The smallest absolute Gasteiger partial charge is 0.341 e. The van der Waals surface area contributed by atoms with Crippen LogP contribution in [0.3, 0.4) is 0 Å². The second-order valence-electron chi connectivity index (χ2n) is 10.5. The SMILES string of the molecule is CCOC(=O)c1c(-c2cccs2)csc1NC(=O)COC(=O)CN1C(=O)N[C@@]2(C[C@@H](C)CC(C)(C)C2)C1=O. The summed E-state index contributed by atoms with van der Waals surface area (Å²) in [4.78, 5) is 65.2. The molecule has 1 aliphatic carbocycles. The highest BCUT2D eigenvalue weighted by atomic mass is 32.1. The molecule has 4 rings (SSSR count). The van der Waals surface area contributed by atoms with Gasteiger partial charge in [0.25, 0.3) is 11.8 Å². The molecule has 2 aliphatic rings. The topological polar surface area (TPSA) is 131 Å². The van der Waals surface area contributed by atoms with E-state index in [0.717, 1.165) is 27.5 Å². The van der Waals surface area contributed by atoms with Gasteiger partial charge >= 0.3 is 18.0 Å². The van der Waals surface area contributed by atoms with Gasteiger partial charge < -0.3 is 20.1 Å². The Morgan fingerprint density at radius 1 is 1.18 bits per heavy atom. The van der Waals surface area contributed by atoms with E-state index in [9.17, 15) is 24.0 Å². The predicted molar refractivity (Wildman–Crippen MR) is 143 cm³/mol. The van der Waals surface area contributed by atoms with Crippen LogP contribution in [0, 0.1) is 11.3 Å². The van der Waals surface area contributed by atoms with Crippen molar-refractivity contribution in [1.29, 1.82) is 0 Å². The van der Waals surface area contributed by atoms with E-state index in [-0.39, 0.29) is 28.5 Å². The van der Waals surface area contributed by atoms with Crippen molar-refractivity contribution in [3.05, 3.63) is 28.5 Å². The van der Waals surface area contributed by atoms with Crippen LogP contribution in [-0.2, 0) is 23.9 Å². The van der Waals surface area contributed by atoms with Crippen molar-refractivity contribution in [3.63, 3.8) is 0 Å². The third-order valence-electron chi connectivity index (χ3n) is 6.59. The normalized spacial score (nSPS) is 22.3. The van der Waals surface area contributed by atoms with Gasteiger partial charge in [0.15, 0.2) is 6.61 Å². The first kappa shape index (κ1) is 27.8. The van der Waals surface area contributed by atoms with Crippen LogP contribution in [0.5, 0.6) is 0 Å². The number of hydrogen-bond donors (Lipinski definition) is 2. The summed E-state index contributed by atoms with van der Waals surface area (Å²) < 4.78 is 10.2. The first-order chi connectivity index (χ1) is 17.9. The maximum Gasteiger partial charge on any atom is 0.341 e. The van der Waals surface area contributed by atoms with E-state index in [1.165, 1.54) is 11.3 Å². The van der Waals surface area contributed by atoms with Crippen molar-refractivity contribution >= 4 is 57.5 Å². The predicted octanol–water partition coefficient (Wildman–Crippen LogP) is 4.27. The quantitative estimate of drug-likeness (QED) is 0.363. The summed E-state index contributed by atoms with van der Waals surface area (Å²) in [5.74, 6) is -2.34. The molecule has 12 heteroatoms. The zero-order valence-corrected chi connectivity index (χ0v) is 23.4. The zero-order chi connectivity index (χ0) is 27.7. The number of nitrogens with zero attached hydrogens (tertiary/aromatic N) is 1. The van der Waals surface area contributed by atoms with E-state index >= 15 is 0 Å². The van der Waals surface area contributed by atoms with Crippen molar-refractivity contribution in [2.75, 3.05) is 25.1 Å². The van der Waals surface area contributed by atoms with Crippen LogP contribution in [0.1, 0.15) is 57.3 Å². The number of rotatable bonds is 8. The van der Waals surface area contributed by atoms with Crippen molar-refractivity contribution in [2.45, 2.75) is 52.5 Å². The van der Waals surface area contributed by atoms with Gasteiger partial charge in [-0.3, -0.25) is 19.3 Å². The third-order valence-corrected chi connectivity index (χ3v) is 8.38. The van der Waals surface area contributed by atoms with Gasteiger partial charge in [-0.1, -0.05) is 26.8 Å². The lowest BCUT2D eigenvalue weighted by molar-refractivity contribution is -0.150. The van der Waals surface area contributed by atoms with Gasteiger partial charge in [-0.2, -0.15) is 0 Å². The maximum atomic E-state index is 13.2. The van der Waals surface area contributed by atoms with Crippen LogP contribution in [0.15, 0.2) is 22.9 Å². The van der Waals surface area contributed by atoms with Gasteiger partial charge in [0, 0.05) is 15.8 Å². The molecule has 0 bridgehead atoms. The number of ether oxygens (including phenoxy) is 2. The fourth-order valence-corrected chi connectivity index (χ4v) is 7.39. The molecule has 1 saturated carbocycles. The molecule has 38 heavy (non-hydrogen) atoms. The summed E-state index contributed by atoms with van der Waals surface area (Å²) >= 11 is 2.61. The lowest BCUT2D eigenvalue weighted by Gasteiger charge is -2.43. The second kappa shape index (κ2) is 10.9. The summed E-state index contributed by atoms with van der Waals surface area (Å²) in [6.07, 6.45) is 1.93. The minimum absolute atomic E-state index is 0.136. The fourth-order valence-electron chi connectivity index (χ4n) is 5.60. The average molecular weight is 562 g/mol. The first-order valence-electron chi connectivity index (χ1n) is 12.4. The van der Waals surface area contributed by atoms with Gasteiger partial charge in [-0.25, -0.2) is 9.59 Å². The molecule has 2 fully saturated rings. The number of imide groups is 1. The van der Waals surface area contributed by atoms with Gasteiger partial charge in [-0.05, 0) is 49.0 Å². The monoisotopic (exact) mass is 561 g/mol.